The van der Waals surface area contributed by atoms with Gasteiger partial charge >= 0.3 is 6.09 Å². The summed E-state index contributed by atoms with van der Waals surface area (Å²) in [7, 11) is -2.34. The molecule has 15 heteroatoms. The predicted octanol–water partition coefficient (Wildman–Crippen LogP) is 5.34. The third kappa shape index (κ3) is 8.49. The van der Waals surface area contributed by atoms with E-state index in [-0.39, 0.29) is 25.1 Å². The fraction of sp³-hybridized carbons (Fsp3) is 0.372. The summed E-state index contributed by atoms with van der Waals surface area (Å²) in [5.41, 5.74) is -0.375. The number of pyridine rings is 1. The lowest BCUT2D eigenvalue weighted by Gasteiger charge is -2.35. The van der Waals surface area contributed by atoms with Crippen LogP contribution in [-0.4, -0.2) is 78.8 Å². The van der Waals surface area contributed by atoms with Crippen LogP contribution in [0, 0.1) is 17.3 Å². The molecule has 1 aromatic heterocycles. The first kappa shape index (κ1) is 40.2. The second-order valence-electron chi connectivity index (χ2n) is 16.1. The second-order valence-corrected chi connectivity index (χ2v) is 18.0. The van der Waals surface area contributed by atoms with Crippen LogP contribution in [0.25, 0.3) is 22.2 Å². The van der Waals surface area contributed by atoms with Crippen LogP contribution in [0.4, 0.5) is 4.79 Å². The van der Waals surface area contributed by atoms with Crippen molar-refractivity contribution in [2.24, 2.45) is 17.3 Å². The highest BCUT2D eigenvalue weighted by Gasteiger charge is 2.61. The first-order valence-corrected chi connectivity index (χ1v) is 20.7. The van der Waals surface area contributed by atoms with Crippen molar-refractivity contribution in [3.8, 4) is 28.5 Å². The minimum atomic E-state index is -3.89. The van der Waals surface area contributed by atoms with Gasteiger partial charge in [-0.1, -0.05) is 75.4 Å². The minimum Gasteiger partial charge on any atom is -0.497 e. The van der Waals surface area contributed by atoms with Crippen molar-refractivity contribution >= 4 is 44.7 Å². The normalized spacial score (nSPS) is 22.0. The van der Waals surface area contributed by atoms with Crippen molar-refractivity contribution in [2.75, 3.05) is 13.7 Å². The molecule has 58 heavy (non-hydrogen) atoms. The van der Waals surface area contributed by atoms with E-state index in [1.165, 1.54) is 11.0 Å². The molecular weight excluding hydrogens is 763 g/mol. The van der Waals surface area contributed by atoms with Gasteiger partial charge in [-0.15, -0.1) is 6.58 Å². The van der Waals surface area contributed by atoms with Crippen LogP contribution < -0.4 is 29.6 Å². The molecule has 1 saturated heterocycles. The summed E-state index contributed by atoms with van der Waals surface area (Å²) >= 11 is 0. The molecule has 3 N–H and O–H groups in total. The number of benzene rings is 3. The standard InChI is InChI=1S/C43H47N5O9S/c1-6-28-24-43(28,40(51)47-58(53,54)31-18-19-31)46-38(49)27-21-36(48(25-27)39(50)37(42(2,3)4)45-41(52)56-29-15-11-8-12-16-29)57-35-23-33(26-13-9-7-10-14-26)44-34-22-30(55-5)17-20-32(34)35/h6-17,20,22-23,27-28,31,36-37H,1,18-19,21,24-25H2,2-5H3,(H,45,52)(H,46,49)(H,47,51)/t27-,28-,36+,37-,43-/m1/s1. The molecule has 0 spiro atoms. The Bertz CT molecular complexity index is 2350. The number of ether oxygens (including phenoxy) is 3. The van der Waals surface area contributed by atoms with Crippen LogP contribution in [0.3, 0.4) is 0 Å². The molecule has 3 aromatic carbocycles. The van der Waals surface area contributed by atoms with Crippen molar-refractivity contribution in [1.82, 2.24) is 25.2 Å². The van der Waals surface area contributed by atoms with E-state index in [1.54, 1.807) is 82.5 Å². The Morgan fingerprint density at radius 3 is 2.28 bits per heavy atom. The van der Waals surface area contributed by atoms with E-state index in [0.29, 0.717) is 40.9 Å². The van der Waals surface area contributed by atoms with Crippen LogP contribution in [0.15, 0.2) is 97.6 Å². The second kappa shape index (κ2) is 15.8. The highest BCUT2D eigenvalue weighted by Crippen LogP contribution is 2.46. The summed E-state index contributed by atoms with van der Waals surface area (Å²) in [4.78, 5) is 62.1. The lowest BCUT2D eigenvalue weighted by molar-refractivity contribution is -0.141. The van der Waals surface area contributed by atoms with E-state index >= 15 is 0 Å². The number of para-hydroxylation sites is 1. The van der Waals surface area contributed by atoms with Gasteiger partial charge in [-0.05, 0) is 48.9 Å². The molecule has 0 unspecified atom stereocenters. The molecule has 2 heterocycles. The zero-order valence-corrected chi connectivity index (χ0v) is 33.6. The molecule has 5 atom stereocenters. The Balaban J connectivity index is 1.22. The maximum Gasteiger partial charge on any atom is 0.413 e. The molecule has 2 aliphatic carbocycles. The third-order valence-corrected chi connectivity index (χ3v) is 12.6. The largest absolute Gasteiger partial charge is 0.497 e. The fourth-order valence-corrected chi connectivity index (χ4v) is 8.60. The Hall–Kier alpha value is -5.96. The van der Waals surface area contributed by atoms with E-state index in [0.717, 1.165) is 5.56 Å². The van der Waals surface area contributed by atoms with E-state index in [9.17, 15) is 27.6 Å². The zero-order valence-electron chi connectivity index (χ0n) is 32.8. The van der Waals surface area contributed by atoms with Gasteiger partial charge in [-0.3, -0.25) is 19.1 Å². The van der Waals surface area contributed by atoms with Crippen molar-refractivity contribution < 1.29 is 41.8 Å². The van der Waals surface area contributed by atoms with Crippen LogP contribution in [0.2, 0.25) is 0 Å². The summed E-state index contributed by atoms with van der Waals surface area (Å²) in [6, 6.07) is 23.9. The van der Waals surface area contributed by atoms with Gasteiger partial charge in [0.05, 0.1) is 29.5 Å². The highest BCUT2D eigenvalue weighted by atomic mass is 32.2. The quantitative estimate of drug-likeness (QED) is 0.149. The van der Waals surface area contributed by atoms with Gasteiger partial charge in [0.25, 0.3) is 5.91 Å². The van der Waals surface area contributed by atoms with E-state index in [1.807, 2.05) is 30.3 Å². The monoisotopic (exact) mass is 809 g/mol. The first-order chi connectivity index (χ1) is 27.6. The number of likely N-dealkylation sites (tertiary alicyclic amines) is 1. The molecule has 1 aliphatic heterocycles. The number of hydrogen-bond acceptors (Lipinski definition) is 10. The molecule has 4 amide bonds. The summed E-state index contributed by atoms with van der Waals surface area (Å²) in [5, 5.41) is 5.56. The first-order valence-electron chi connectivity index (χ1n) is 19.2. The van der Waals surface area contributed by atoms with E-state index in [4.69, 9.17) is 19.2 Å². The number of hydrogen-bond donors (Lipinski definition) is 3. The van der Waals surface area contributed by atoms with Gasteiger partial charge in [-0.25, -0.2) is 18.2 Å². The lowest BCUT2D eigenvalue weighted by atomic mass is 9.86. The Morgan fingerprint density at radius 1 is 0.966 bits per heavy atom. The van der Waals surface area contributed by atoms with Gasteiger partial charge in [0.2, 0.25) is 21.8 Å². The molecule has 4 aromatic rings. The number of sulfonamides is 1. The summed E-state index contributed by atoms with van der Waals surface area (Å²) in [5.74, 6) is -2.07. The van der Waals surface area contributed by atoms with Crippen LogP contribution >= 0.6 is 0 Å². The number of nitrogens with one attached hydrogen (secondary N) is 3. The van der Waals surface area contributed by atoms with Crippen molar-refractivity contribution in [2.45, 2.75) is 69.5 Å². The molecule has 0 radical (unpaired) electrons. The SMILES string of the molecule is C=C[C@@H]1C[C@]1(NC(=O)[C@@H]1C[C@H](Oc2cc(-c3ccccc3)nc3cc(OC)ccc23)N(C(=O)[C@@H](NC(=O)Oc2ccccc2)C(C)(C)C)C1)C(=O)NS(=O)(=O)C1CC1. The Morgan fingerprint density at radius 2 is 1.66 bits per heavy atom. The minimum absolute atomic E-state index is 0.000364. The molecule has 0 bridgehead atoms. The molecule has 14 nitrogen and oxygen atoms in total. The van der Waals surface area contributed by atoms with Gasteiger partial charge < -0.3 is 29.7 Å². The van der Waals surface area contributed by atoms with Gasteiger partial charge in [0, 0.05) is 42.0 Å². The topological polar surface area (TPSA) is 182 Å². The average Bonchev–Trinajstić information content (AvgIpc) is 4.13. The number of methoxy groups -OCH3 is 1. The Kier molecular flexibility index (Phi) is 10.9. The molecule has 3 fully saturated rings. The summed E-state index contributed by atoms with van der Waals surface area (Å²) < 4.78 is 45.4. The van der Waals surface area contributed by atoms with Crippen LogP contribution in [0.1, 0.15) is 46.5 Å². The summed E-state index contributed by atoms with van der Waals surface area (Å²) in [6.07, 6.45) is 0.722. The number of carbonyl (C=O) groups excluding carboxylic acids is 4. The van der Waals surface area contributed by atoms with E-state index < -0.39 is 74.1 Å². The number of fused-ring (bicyclic) bond motifs is 1. The molecular formula is C43H47N5O9S. The van der Waals surface area contributed by atoms with Crippen molar-refractivity contribution in [3.63, 3.8) is 0 Å². The van der Waals surface area contributed by atoms with Crippen LogP contribution in [0.5, 0.6) is 17.2 Å². The number of carbonyl (C=O) groups is 4. The molecule has 2 saturated carbocycles. The smallest absolute Gasteiger partial charge is 0.413 e. The van der Waals surface area contributed by atoms with Gasteiger partial charge in [-0.2, -0.15) is 0 Å². The average molecular weight is 810 g/mol. The van der Waals surface area contributed by atoms with Gasteiger partial charge in [0.1, 0.15) is 28.8 Å². The van der Waals surface area contributed by atoms with Crippen molar-refractivity contribution in [1.29, 1.82) is 0 Å². The molecule has 304 valence electrons. The van der Waals surface area contributed by atoms with Crippen LogP contribution in [-0.2, 0) is 24.4 Å². The molecule has 7 rings (SSSR count). The Labute approximate surface area is 337 Å². The maximum atomic E-state index is 14.8. The summed E-state index contributed by atoms with van der Waals surface area (Å²) in [6.45, 7) is 9.04. The number of aromatic nitrogens is 1. The van der Waals surface area contributed by atoms with E-state index in [2.05, 4.69) is 21.9 Å². The maximum absolute atomic E-state index is 14.8. The number of rotatable bonds is 13. The third-order valence-electron chi connectivity index (χ3n) is 10.8. The lowest BCUT2D eigenvalue weighted by Crippen LogP contribution is -2.57. The highest BCUT2D eigenvalue weighted by molar-refractivity contribution is 7.91. The number of nitrogens with zero attached hydrogens (tertiary/aromatic N) is 2. The number of amides is 4. The zero-order chi connectivity index (χ0) is 41.4. The van der Waals surface area contributed by atoms with Crippen molar-refractivity contribution in [3.05, 3.63) is 97.6 Å². The van der Waals surface area contributed by atoms with Gasteiger partial charge in [0.15, 0.2) is 6.23 Å². The molecule has 3 aliphatic rings. The predicted molar refractivity (Wildman–Crippen MR) is 216 cm³/mol. The fourth-order valence-electron chi connectivity index (χ4n) is 7.23.